The molecule has 3 heterocycles. The van der Waals surface area contributed by atoms with E-state index in [2.05, 4.69) is 72.6 Å². The van der Waals surface area contributed by atoms with Gasteiger partial charge in [0.05, 0.1) is 32.7 Å². The van der Waals surface area contributed by atoms with Gasteiger partial charge in [-0.2, -0.15) is 0 Å². The Labute approximate surface area is 127 Å². The summed E-state index contributed by atoms with van der Waals surface area (Å²) in [7, 11) is 2.45. The van der Waals surface area contributed by atoms with E-state index in [-0.39, 0.29) is 0 Å². The molecule has 2 unspecified atom stereocenters. The molecule has 2 aromatic rings. The summed E-state index contributed by atoms with van der Waals surface area (Å²) in [5, 5.41) is 0. The highest BCUT2D eigenvalue weighted by atomic mass is 15.5. The second kappa shape index (κ2) is 4.97. The minimum absolute atomic E-state index is 0.588. The molecular formula is C19H23N2+. The molecule has 21 heavy (non-hydrogen) atoms. The van der Waals surface area contributed by atoms with E-state index in [0.29, 0.717) is 12.1 Å². The Morgan fingerprint density at radius 2 is 1.52 bits per heavy atom. The van der Waals surface area contributed by atoms with Crippen molar-refractivity contribution >= 4 is 0 Å². The van der Waals surface area contributed by atoms with Crippen LogP contribution in [-0.2, 0) is 0 Å². The van der Waals surface area contributed by atoms with Crippen LogP contribution in [0.5, 0.6) is 0 Å². The number of nitrogens with zero attached hydrogens (tertiary/aromatic N) is 2. The molecule has 2 heteroatoms. The highest BCUT2D eigenvalue weighted by Crippen LogP contribution is 2.42. The number of hydrogen-bond donors (Lipinski definition) is 0. The fourth-order valence-corrected chi connectivity index (χ4v) is 4.17. The van der Waals surface area contributed by atoms with Crippen molar-refractivity contribution < 1.29 is 4.48 Å². The Kier molecular flexibility index (Phi) is 3.09. The van der Waals surface area contributed by atoms with Crippen LogP contribution in [0.4, 0.5) is 0 Å². The molecule has 3 saturated heterocycles. The zero-order valence-corrected chi connectivity index (χ0v) is 12.7. The van der Waals surface area contributed by atoms with Gasteiger partial charge in [0.1, 0.15) is 6.04 Å². The molecule has 3 aliphatic heterocycles. The van der Waals surface area contributed by atoms with Gasteiger partial charge >= 0.3 is 0 Å². The SMILES string of the molecule is C[N+]12CCN(C[C@H]1c1ccccc1)[C@H](c1ccccc1)C2. The summed E-state index contributed by atoms with van der Waals surface area (Å²) in [5.41, 5.74) is 2.98. The maximum absolute atomic E-state index is 2.69. The van der Waals surface area contributed by atoms with Gasteiger partial charge in [0.25, 0.3) is 0 Å². The second-order valence-corrected chi connectivity index (χ2v) is 6.73. The molecule has 0 radical (unpaired) electrons. The standard InChI is InChI=1S/C19H23N2/c1-21-13-12-20(14-19(21)17-10-6-3-7-11-17)18(15-21)16-8-4-2-5-9-16/h2-11,18-19H,12-15H2,1H3/q+1/t18-,19-,21?/m0/s1. The van der Waals surface area contributed by atoms with Crippen molar-refractivity contribution in [3.63, 3.8) is 0 Å². The largest absolute Gasteiger partial charge is 0.316 e. The number of rotatable bonds is 2. The zero-order valence-electron chi connectivity index (χ0n) is 12.7. The van der Waals surface area contributed by atoms with Gasteiger partial charge in [-0.05, 0) is 5.56 Å². The first-order valence-corrected chi connectivity index (χ1v) is 7.94. The van der Waals surface area contributed by atoms with E-state index >= 15 is 0 Å². The minimum atomic E-state index is 0.588. The van der Waals surface area contributed by atoms with E-state index in [1.807, 2.05) is 0 Å². The fraction of sp³-hybridized carbons (Fsp3) is 0.368. The van der Waals surface area contributed by atoms with E-state index in [4.69, 9.17) is 0 Å². The molecule has 0 aromatic heterocycles. The highest BCUT2D eigenvalue weighted by Gasteiger charge is 2.49. The molecular weight excluding hydrogens is 256 g/mol. The topological polar surface area (TPSA) is 3.24 Å². The van der Waals surface area contributed by atoms with Crippen molar-refractivity contribution in [1.29, 1.82) is 0 Å². The predicted molar refractivity (Wildman–Crippen MR) is 85.9 cm³/mol. The monoisotopic (exact) mass is 279 g/mol. The molecule has 0 spiro atoms. The number of likely N-dealkylation sites (N-methyl/N-ethyl adjacent to an activating group) is 1. The first-order chi connectivity index (χ1) is 10.3. The van der Waals surface area contributed by atoms with Crippen LogP contribution in [0, 0.1) is 0 Å². The lowest BCUT2D eigenvalue weighted by Gasteiger charge is -2.57. The van der Waals surface area contributed by atoms with Crippen LogP contribution >= 0.6 is 0 Å². The second-order valence-electron chi connectivity index (χ2n) is 6.73. The van der Waals surface area contributed by atoms with Crippen LogP contribution in [0.2, 0.25) is 0 Å². The van der Waals surface area contributed by atoms with Crippen molar-refractivity contribution in [3.05, 3.63) is 71.8 Å². The van der Waals surface area contributed by atoms with Crippen LogP contribution in [0.3, 0.4) is 0 Å². The van der Waals surface area contributed by atoms with Gasteiger partial charge in [-0.3, -0.25) is 4.90 Å². The zero-order chi connectivity index (χ0) is 14.3. The maximum Gasteiger partial charge on any atom is 0.127 e. The first-order valence-electron chi connectivity index (χ1n) is 7.94. The molecule has 2 nitrogen and oxygen atoms in total. The van der Waals surface area contributed by atoms with Crippen LogP contribution in [0.25, 0.3) is 0 Å². The number of benzene rings is 2. The van der Waals surface area contributed by atoms with Crippen molar-refractivity contribution in [2.75, 3.05) is 33.2 Å². The first kappa shape index (κ1) is 13.1. The molecule has 0 N–H and O–H groups in total. The number of piperazine rings is 3. The lowest BCUT2D eigenvalue weighted by molar-refractivity contribution is -0.957. The van der Waals surface area contributed by atoms with E-state index in [1.165, 1.54) is 41.8 Å². The van der Waals surface area contributed by atoms with Crippen molar-refractivity contribution in [1.82, 2.24) is 4.90 Å². The summed E-state index contributed by atoms with van der Waals surface area (Å²) < 4.78 is 1.18. The molecule has 3 aliphatic rings. The average Bonchev–Trinajstić information content (AvgIpc) is 2.56. The van der Waals surface area contributed by atoms with Crippen LogP contribution < -0.4 is 0 Å². The Bertz CT molecular complexity index is 610. The van der Waals surface area contributed by atoms with Gasteiger partial charge in [-0.15, -0.1) is 0 Å². The normalized spacial score (nSPS) is 34.8. The van der Waals surface area contributed by atoms with Crippen LogP contribution in [0.15, 0.2) is 60.7 Å². The van der Waals surface area contributed by atoms with Crippen LogP contribution in [0.1, 0.15) is 23.2 Å². The number of quaternary nitrogens is 1. The van der Waals surface area contributed by atoms with Crippen molar-refractivity contribution in [3.8, 4) is 0 Å². The predicted octanol–water partition coefficient (Wildman–Crippen LogP) is 3.24. The Balaban J connectivity index is 1.65. The Morgan fingerprint density at radius 3 is 2.14 bits per heavy atom. The molecule has 2 bridgehead atoms. The lowest BCUT2D eigenvalue weighted by atomic mass is 9.90. The highest BCUT2D eigenvalue weighted by molar-refractivity contribution is 5.23. The molecule has 108 valence electrons. The summed E-state index contributed by atoms with van der Waals surface area (Å²) in [6.07, 6.45) is 0. The van der Waals surface area contributed by atoms with Gasteiger partial charge in [0, 0.05) is 12.1 Å². The van der Waals surface area contributed by atoms with E-state index in [1.54, 1.807) is 0 Å². The van der Waals surface area contributed by atoms with E-state index < -0.39 is 0 Å². The van der Waals surface area contributed by atoms with Gasteiger partial charge in [-0.1, -0.05) is 60.7 Å². The fourth-order valence-electron chi connectivity index (χ4n) is 4.17. The average molecular weight is 279 g/mol. The Hall–Kier alpha value is -1.64. The molecule has 0 aliphatic carbocycles. The third-order valence-electron chi connectivity index (χ3n) is 5.46. The summed E-state index contributed by atoms with van der Waals surface area (Å²) in [5.74, 6) is 0. The van der Waals surface area contributed by atoms with Crippen LogP contribution in [-0.4, -0.2) is 42.6 Å². The van der Waals surface area contributed by atoms with Gasteiger partial charge < -0.3 is 4.48 Å². The summed E-state index contributed by atoms with van der Waals surface area (Å²) in [6, 6.07) is 23.3. The molecule has 0 saturated carbocycles. The summed E-state index contributed by atoms with van der Waals surface area (Å²) in [6.45, 7) is 4.89. The molecule has 0 amide bonds. The van der Waals surface area contributed by atoms with Gasteiger partial charge in [-0.25, -0.2) is 0 Å². The third kappa shape index (κ3) is 2.19. The van der Waals surface area contributed by atoms with Gasteiger partial charge in [0.15, 0.2) is 0 Å². The van der Waals surface area contributed by atoms with E-state index in [9.17, 15) is 0 Å². The molecule has 5 rings (SSSR count). The van der Waals surface area contributed by atoms with Crippen molar-refractivity contribution in [2.24, 2.45) is 0 Å². The summed E-state index contributed by atoms with van der Waals surface area (Å²) in [4.78, 5) is 2.69. The number of fused-ring (bicyclic) bond motifs is 3. The lowest BCUT2D eigenvalue weighted by Crippen LogP contribution is -2.67. The smallest absolute Gasteiger partial charge is 0.127 e. The molecule has 4 atom stereocenters. The van der Waals surface area contributed by atoms with Gasteiger partial charge in [0.2, 0.25) is 0 Å². The Morgan fingerprint density at radius 1 is 0.905 bits per heavy atom. The van der Waals surface area contributed by atoms with Crippen molar-refractivity contribution in [2.45, 2.75) is 12.1 Å². The molecule has 2 aromatic carbocycles. The number of hydrogen-bond acceptors (Lipinski definition) is 1. The minimum Gasteiger partial charge on any atom is -0.316 e. The van der Waals surface area contributed by atoms with E-state index in [0.717, 1.165) is 0 Å². The quantitative estimate of drug-likeness (QED) is 0.763. The molecule has 3 fully saturated rings. The summed E-state index contributed by atoms with van der Waals surface area (Å²) >= 11 is 0. The maximum atomic E-state index is 2.69. The third-order valence-corrected chi connectivity index (χ3v) is 5.46.